The SMILES string of the molecule is CC(C)(C)C([SiH3])=NO.CC(C)C=NO.CC(C)C=NO. The van der Waals surface area contributed by atoms with Crippen LogP contribution in [0.3, 0.4) is 0 Å². The average molecular weight is 305 g/mol. The Morgan fingerprint density at radius 2 is 1.20 bits per heavy atom. The molecule has 7 heteroatoms. The summed E-state index contributed by atoms with van der Waals surface area (Å²) in [6.45, 7) is 13.9. The highest BCUT2D eigenvalue weighted by Gasteiger charge is 2.13. The Labute approximate surface area is 125 Å². The Balaban J connectivity index is -0.000000221. The molecular weight excluding hydrogens is 274 g/mol. The van der Waals surface area contributed by atoms with Gasteiger partial charge < -0.3 is 15.6 Å². The number of hydrogen-bond donors (Lipinski definition) is 3. The highest BCUT2D eigenvalue weighted by molar-refractivity contribution is 6.60. The number of rotatable bonds is 2. The van der Waals surface area contributed by atoms with E-state index in [1.165, 1.54) is 12.4 Å². The van der Waals surface area contributed by atoms with Gasteiger partial charge in [-0.05, 0) is 17.3 Å². The molecule has 0 radical (unpaired) electrons. The molecule has 0 aromatic carbocycles. The van der Waals surface area contributed by atoms with Crippen molar-refractivity contribution in [3.63, 3.8) is 0 Å². The molecule has 6 nitrogen and oxygen atoms in total. The van der Waals surface area contributed by atoms with Crippen molar-refractivity contribution in [2.45, 2.75) is 48.5 Å². The van der Waals surface area contributed by atoms with Crippen LogP contribution in [0.15, 0.2) is 15.5 Å². The minimum absolute atomic E-state index is 0.0704. The van der Waals surface area contributed by atoms with E-state index in [1.54, 1.807) is 0 Å². The van der Waals surface area contributed by atoms with Crippen LogP contribution in [0.4, 0.5) is 0 Å². The zero-order valence-corrected chi connectivity index (χ0v) is 16.0. The summed E-state index contributed by atoms with van der Waals surface area (Å²) in [6.07, 6.45) is 2.94. The number of nitrogens with zero attached hydrogens (tertiary/aromatic N) is 3. The standard InChI is InChI=1S/C5H13NOSi.2C4H9NO/c1-5(2,3)4(8)6-7;2*1-4(2)3-5-6/h7H,1-3,8H3;2*3-4,6H,1-2H3. The van der Waals surface area contributed by atoms with Gasteiger partial charge in [0.15, 0.2) is 0 Å². The third-order valence-corrected chi connectivity index (χ3v) is 3.67. The summed E-state index contributed by atoms with van der Waals surface area (Å²) in [5.74, 6) is 0.713. The number of hydrogen-bond acceptors (Lipinski definition) is 6. The van der Waals surface area contributed by atoms with Gasteiger partial charge in [0, 0.05) is 17.8 Å². The lowest BCUT2D eigenvalue weighted by atomic mass is 9.99. The second-order valence-electron chi connectivity index (χ2n) is 5.95. The predicted molar refractivity (Wildman–Crippen MR) is 88.8 cm³/mol. The molecule has 0 aliphatic heterocycles. The van der Waals surface area contributed by atoms with E-state index >= 15 is 0 Å². The van der Waals surface area contributed by atoms with Crippen molar-refractivity contribution >= 4 is 28.0 Å². The van der Waals surface area contributed by atoms with Gasteiger partial charge in [-0.25, -0.2) is 0 Å². The van der Waals surface area contributed by atoms with Gasteiger partial charge in [0.1, 0.15) is 0 Å². The Bertz CT molecular complexity index is 280. The molecule has 0 aliphatic rings. The molecule has 20 heavy (non-hydrogen) atoms. The molecule has 0 rings (SSSR count). The van der Waals surface area contributed by atoms with E-state index in [1.807, 2.05) is 48.5 Å². The normalized spacial score (nSPS) is 12.6. The van der Waals surface area contributed by atoms with Crippen LogP contribution in [0.5, 0.6) is 0 Å². The van der Waals surface area contributed by atoms with Crippen LogP contribution < -0.4 is 0 Å². The summed E-state index contributed by atoms with van der Waals surface area (Å²) in [5, 5.41) is 33.6. The molecule has 0 unspecified atom stereocenters. The van der Waals surface area contributed by atoms with E-state index in [9.17, 15) is 0 Å². The lowest BCUT2D eigenvalue weighted by molar-refractivity contribution is 0.313. The first kappa shape index (κ1) is 23.7. The Hall–Kier alpha value is -1.37. The van der Waals surface area contributed by atoms with Crippen molar-refractivity contribution in [1.82, 2.24) is 0 Å². The van der Waals surface area contributed by atoms with Gasteiger partial charge in [0.05, 0.1) is 10.2 Å². The van der Waals surface area contributed by atoms with Gasteiger partial charge in [-0.1, -0.05) is 48.5 Å². The summed E-state index contributed by atoms with van der Waals surface area (Å²) in [7, 11) is 0.849. The molecule has 120 valence electrons. The predicted octanol–water partition coefficient (Wildman–Crippen LogP) is 2.39. The molecule has 0 atom stereocenters. The third-order valence-electron chi connectivity index (χ3n) is 1.97. The average Bonchev–Trinajstić information content (AvgIpc) is 2.27. The summed E-state index contributed by atoms with van der Waals surface area (Å²) in [4.78, 5) is 0. The minimum Gasteiger partial charge on any atom is -0.411 e. The van der Waals surface area contributed by atoms with Gasteiger partial charge >= 0.3 is 0 Å². The zero-order chi connectivity index (χ0) is 16.8. The van der Waals surface area contributed by atoms with Crippen LogP contribution in [-0.4, -0.2) is 43.6 Å². The topological polar surface area (TPSA) is 97.8 Å². The Kier molecular flexibility index (Phi) is 16.6. The molecule has 0 spiro atoms. The first-order valence-corrected chi connectivity index (χ1v) is 7.57. The first-order valence-electron chi connectivity index (χ1n) is 6.57. The van der Waals surface area contributed by atoms with Gasteiger partial charge in [-0.2, -0.15) is 0 Å². The van der Waals surface area contributed by atoms with Crippen LogP contribution in [0.1, 0.15) is 48.5 Å². The van der Waals surface area contributed by atoms with Crippen LogP contribution in [-0.2, 0) is 0 Å². The smallest absolute Gasteiger partial charge is 0.0620 e. The number of oxime groups is 3. The van der Waals surface area contributed by atoms with E-state index in [2.05, 4.69) is 15.5 Å². The van der Waals surface area contributed by atoms with Gasteiger partial charge in [-0.3, -0.25) is 0 Å². The van der Waals surface area contributed by atoms with Crippen molar-refractivity contribution < 1.29 is 15.6 Å². The maximum absolute atomic E-state index is 8.29. The van der Waals surface area contributed by atoms with E-state index in [4.69, 9.17) is 15.6 Å². The second-order valence-corrected chi connectivity index (χ2v) is 6.90. The summed E-state index contributed by atoms with van der Waals surface area (Å²) in [6, 6.07) is 0. The lowest BCUT2D eigenvalue weighted by Crippen LogP contribution is -2.19. The molecular formula is C13H31N3O3Si. The Morgan fingerprint density at radius 3 is 1.20 bits per heavy atom. The van der Waals surface area contributed by atoms with E-state index in [0.29, 0.717) is 11.8 Å². The van der Waals surface area contributed by atoms with Crippen LogP contribution in [0, 0.1) is 17.3 Å². The van der Waals surface area contributed by atoms with Crippen molar-refractivity contribution in [1.29, 1.82) is 0 Å². The quantitative estimate of drug-likeness (QED) is 0.316. The summed E-state index contributed by atoms with van der Waals surface area (Å²) < 4.78 is 0. The monoisotopic (exact) mass is 305 g/mol. The molecule has 0 amide bonds. The summed E-state index contributed by atoms with van der Waals surface area (Å²) in [5.41, 5.74) is 0.0704. The van der Waals surface area contributed by atoms with Crippen LogP contribution in [0.2, 0.25) is 0 Å². The maximum Gasteiger partial charge on any atom is 0.0620 e. The highest BCUT2D eigenvalue weighted by atomic mass is 28.1. The van der Waals surface area contributed by atoms with E-state index < -0.39 is 0 Å². The van der Waals surface area contributed by atoms with E-state index in [0.717, 1.165) is 15.6 Å². The lowest BCUT2D eigenvalue weighted by Gasteiger charge is -2.15. The minimum atomic E-state index is 0.0704. The molecule has 0 heterocycles. The van der Waals surface area contributed by atoms with Crippen molar-refractivity contribution in [3.8, 4) is 0 Å². The molecule has 0 bridgehead atoms. The molecule has 3 N–H and O–H groups in total. The van der Waals surface area contributed by atoms with E-state index in [-0.39, 0.29) is 5.41 Å². The van der Waals surface area contributed by atoms with Crippen molar-refractivity contribution in [2.75, 3.05) is 0 Å². The fraction of sp³-hybridized carbons (Fsp3) is 0.769. The summed E-state index contributed by atoms with van der Waals surface area (Å²) >= 11 is 0. The third kappa shape index (κ3) is 25.5. The maximum atomic E-state index is 8.29. The molecule has 0 saturated heterocycles. The van der Waals surface area contributed by atoms with Crippen LogP contribution >= 0.6 is 0 Å². The molecule has 0 aromatic rings. The fourth-order valence-corrected chi connectivity index (χ4v) is 0.417. The van der Waals surface area contributed by atoms with Crippen molar-refractivity contribution in [2.24, 2.45) is 32.7 Å². The zero-order valence-electron chi connectivity index (χ0n) is 14.0. The Morgan fingerprint density at radius 1 is 0.900 bits per heavy atom. The second kappa shape index (κ2) is 14.0. The van der Waals surface area contributed by atoms with Gasteiger partial charge in [0.2, 0.25) is 0 Å². The highest BCUT2D eigenvalue weighted by Crippen LogP contribution is 2.12. The molecule has 0 aromatic heterocycles. The molecule has 0 aliphatic carbocycles. The molecule has 0 fully saturated rings. The molecule has 0 saturated carbocycles. The van der Waals surface area contributed by atoms with Crippen molar-refractivity contribution in [3.05, 3.63) is 0 Å². The van der Waals surface area contributed by atoms with Crippen LogP contribution in [0.25, 0.3) is 0 Å². The largest absolute Gasteiger partial charge is 0.411 e. The van der Waals surface area contributed by atoms with Gasteiger partial charge in [0.25, 0.3) is 0 Å². The fourth-order valence-electron chi connectivity index (χ4n) is 0.417. The first-order chi connectivity index (χ1) is 9.02. The van der Waals surface area contributed by atoms with Gasteiger partial charge in [-0.15, -0.1) is 15.5 Å².